The molecular weight excluding hydrogens is 448 g/mol. The summed E-state index contributed by atoms with van der Waals surface area (Å²) in [6.45, 7) is 4.12. The van der Waals surface area contributed by atoms with Crippen LogP contribution in [0.1, 0.15) is 63.9 Å². The van der Waals surface area contributed by atoms with E-state index in [4.69, 9.17) is 4.74 Å². The Morgan fingerprint density at radius 1 is 1.03 bits per heavy atom. The van der Waals surface area contributed by atoms with Crippen molar-refractivity contribution in [2.75, 3.05) is 26.3 Å². The van der Waals surface area contributed by atoms with Crippen LogP contribution in [0, 0.1) is 0 Å². The van der Waals surface area contributed by atoms with E-state index in [-0.39, 0.29) is 18.5 Å². The summed E-state index contributed by atoms with van der Waals surface area (Å²) in [5.41, 5.74) is -0.200. The third-order valence-electron chi connectivity index (χ3n) is 6.77. The molecule has 1 aliphatic carbocycles. The largest absolute Gasteiger partial charge is 0.378 e. The Bertz CT molecular complexity index is 864. The highest BCUT2D eigenvalue weighted by atomic mass is 16.5. The molecule has 1 saturated carbocycles. The minimum Gasteiger partial charge on any atom is -0.378 e. The van der Waals surface area contributed by atoms with Gasteiger partial charge in [0, 0.05) is 19.6 Å². The first-order valence-corrected chi connectivity index (χ1v) is 12.8. The molecule has 3 N–H and O–H groups in total. The lowest BCUT2D eigenvalue weighted by Gasteiger charge is -2.39. The van der Waals surface area contributed by atoms with Crippen LogP contribution in [0.4, 0.5) is 4.79 Å². The van der Waals surface area contributed by atoms with Gasteiger partial charge in [0.15, 0.2) is 0 Å². The van der Waals surface area contributed by atoms with Gasteiger partial charge in [0.05, 0.1) is 19.3 Å². The summed E-state index contributed by atoms with van der Waals surface area (Å²) >= 11 is 0. The molecule has 4 amide bonds. The molecule has 192 valence electrons. The van der Waals surface area contributed by atoms with Gasteiger partial charge in [-0.25, -0.2) is 4.79 Å². The fraction of sp³-hybridized carbons (Fsp3) is 0.615. The molecule has 0 aromatic heterocycles. The molecule has 2 aliphatic rings. The first-order valence-electron chi connectivity index (χ1n) is 12.8. The Balaban J connectivity index is 1.67. The second-order valence-corrected chi connectivity index (χ2v) is 9.37. The van der Waals surface area contributed by atoms with Crippen LogP contribution in [-0.2, 0) is 25.7 Å². The molecule has 1 heterocycles. The highest BCUT2D eigenvalue weighted by molar-refractivity contribution is 6.38. The van der Waals surface area contributed by atoms with Crippen LogP contribution in [0.3, 0.4) is 0 Å². The molecule has 9 heteroatoms. The van der Waals surface area contributed by atoms with Crippen LogP contribution in [0.25, 0.3) is 0 Å². The summed E-state index contributed by atoms with van der Waals surface area (Å²) in [6.07, 6.45) is 5.49. The fourth-order valence-electron chi connectivity index (χ4n) is 4.61. The van der Waals surface area contributed by atoms with Crippen LogP contribution >= 0.6 is 0 Å². The number of benzene rings is 1. The molecule has 0 radical (unpaired) electrons. The van der Waals surface area contributed by atoms with E-state index in [1.165, 1.54) is 0 Å². The minimum absolute atomic E-state index is 0.236. The van der Waals surface area contributed by atoms with Gasteiger partial charge in [0.1, 0.15) is 5.54 Å². The number of carbonyl (C=O) groups is 4. The van der Waals surface area contributed by atoms with Crippen LogP contribution in [0.5, 0.6) is 0 Å². The standard InChI is InChI=1S/C26H38N4O5/c1-2-3-12-21(22(31)23(32)27-19-20-10-6-4-7-11-20)28-24(33)26(13-8-5-9-14-26)29-25(34)30-15-17-35-18-16-30/h4,6-7,10-11,21H,2-3,5,8-9,12-19H2,1H3,(H,27,32)(H,28,33)(H,29,34)/t21-/m0/s1. The second kappa shape index (κ2) is 13.2. The van der Waals surface area contributed by atoms with Crippen molar-refractivity contribution in [3.63, 3.8) is 0 Å². The number of ketones is 1. The molecule has 0 spiro atoms. The van der Waals surface area contributed by atoms with Crippen LogP contribution in [-0.4, -0.2) is 66.4 Å². The highest BCUT2D eigenvalue weighted by Crippen LogP contribution is 2.29. The van der Waals surface area contributed by atoms with Crippen molar-refractivity contribution in [1.82, 2.24) is 20.9 Å². The van der Waals surface area contributed by atoms with Crippen molar-refractivity contribution < 1.29 is 23.9 Å². The number of urea groups is 1. The number of rotatable bonds is 10. The van der Waals surface area contributed by atoms with Gasteiger partial charge >= 0.3 is 6.03 Å². The van der Waals surface area contributed by atoms with Crippen molar-refractivity contribution >= 4 is 23.6 Å². The predicted molar refractivity (Wildman–Crippen MR) is 131 cm³/mol. The third kappa shape index (κ3) is 7.52. The summed E-state index contributed by atoms with van der Waals surface area (Å²) in [7, 11) is 0. The lowest BCUT2D eigenvalue weighted by atomic mass is 9.80. The second-order valence-electron chi connectivity index (χ2n) is 9.37. The molecule has 2 fully saturated rings. The summed E-state index contributed by atoms with van der Waals surface area (Å²) < 4.78 is 5.32. The first-order chi connectivity index (χ1) is 16.9. The molecule has 3 rings (SSSR count). The number of hydrogen-bond donors (Lipinski definition) is 3. The molecule has 1 saturated heterocycles. The molecule has 9 nitrogen and oxygen atoms in total. The number of nitrogens with one attached hydrogen (secondary N) is 3. The summed E-state index contributed by atoms with van der Waals surface area (Å²) in [4.78, 5) is 53.8. The Kier molecular flexibility index (Phi) is 10.1. The summed E-state index contributed by atoms with van der Waals surface area (Å²) in [5.74, 6) is -1.76. The van der Waals surface area contributed by atoms with E-state index in [2.05, 4.69) is 16.0 Å². The van der Waals surface area contributed by atoms with Gasteiger partial charge in [-0.2, -0.15) is 0 Å². The monoisotopic (exact) mass is 486 g/mol. The Hall–Kier alpha value is -2.94. The van der Waals surface area contributed by atoms with E-state index < -0.39 is 23.3 Å². The molecule has 1 aliphatic heterocycles. The van der Waals surface area contributed by atoms with Gasteiger partial charge in [-0.05, 0) is 24.8 Å². The molecule has 1 aromatic rings. The van der Waals surface area contributed by atoms with Gasteiger partial charge in [-0.3, -0.25) is 14.4 Å². The normalized spacial score (nSPS) is 18.3. The van der Waals surface area contributed by atoms with Crippen LogP contribution < -0.4 is 16.0 Å². The summed E-state index contributed by atoms with van der Waals surface area (Å²) in [6, 6.07) is 8.12. The highest BCUT2D eigenvalue weighted by Gasteiger charge is 2.43. The lowest BCUT2D eigenvalue weighted by Crippen LogP contribution is -2.64. The van der Waals surface area contributed by atoms with Crippen molar-refractivity contribution in [3.05, 3.63) is 35.9 Å². The molecule has 0 bridgehead atoms. The number of morpholine rings is 1. The Labute approximate surface area is 207 Å². The zero-order chi connectivity index (χ0) is 25.1. The quantitative estimate of drug-likeness (QED) is 0.439. The Morgan fingerprint density at radius 2 is 1.71 bits per heavy atom. The smallest absolute Gasteiger partial charge is 0.318 e. The predicted octanol–water partition coefficient (Wildman–Crippen LogP) is 2.29. The first kappa shape index (κ1) is 26.7. The molecule has 1 aromatic carbocycles. The summed E-state index contributed by atoms with van der Waals surface area (Å²) in [5, 5.41) is 8.49. The number of amides is 4. The zero-order valence-corrected chi connectivity index (χ0v) is 20.6. The fourth-order valence-corrected chi connectivity index (χ4v) is 4.61. The lowest BCUT2D eigenvalue weighted by molar-refractivity contribution is -0.141. The molecule has 35 heavy (non-hydrogen) atoms. The van der Waals surface area contributed by atoms with Crippen molar-refractivity contribution in [1.29, 1.82) is 0 Å². The number of Topliss-reactive ketones (excluding diaryl/α,β-unsaturated/α-hetero) is 1. The zero-order valence-electron chi connectivity index (χ0n) is 20.6. The maximum absolute atomic E-state index is 13.6. The average molecular weight is 487 g/mol. The number of hydrogen-bond acceptors (Lipinski definition) is 5. The van der Waals surface area contributed by atoms with Gasteiger partial charge in [-0.1, -0.05) is 69.4 Å². The van der Waals surface area contributed by atoms with Crippen molar-refractivity contribution in [2.24, 2.45) is 0 Å². The van der Waals surface area contributed by atoms with Gasteiger partial charge in [-0.15, -0.1) is 0 Å². The minimum atomic E-state index is -1.08. The van der Waals surface area contributed by atoms with E-state index in [0.717, 1.165) is 31.2 Å². The maximum atomic E-state index is 13.6. The average Bonchev–Trinajstić information content (AvgIpc) is 2.90. The van der Waals surface area contributed by atoms with Crippen LogP contribution in [0.2, 0.25) is 0 Å². The van der Waals surface area contributed by atoms with E-state index in [1.54, 1.807) is 4.90 Å². The van der Waals surface area contributed by atoms with Crippen molar-refractivity contribution in [3.8, 4) is 0 Å². The van der Waals surface area contributed by atoms with Crippen molar-refractivity contribution in [2.45, 2.75) is 76.4 Å². The van der Waals surface area contributed by atoms with Gasteiger partial charge < -0.3 is 25.6 Å². The van der Waals surface area contributed by atoms with E-state index in [9.17, 15) is 19.2 Å². The van der Waals surface area contributed by atoms with E-state index in [0.29, 0.717) is 52.0 Å². The number of nitrogens with zero attached hydrogens (tertiary/aromatic N) is 1. The number of ether oxygens (including phenoxy) is 1. The van der Waals surface area contributed by atoms with E-state index >= 15 is 0 Å². The number of carbonyl (C=O) groups excluding carboxylic acids is 4. The van der Waals surface area contributed by atoms with Gasteiger partial charge in [0.2, 0.25) is 11.7 Å². The van der Waals surface area contributed by atoms with Crippen LogP contribution in [0.15, 0.2) is 30.3 Å². The van der Waals surface area contributed by atoms with Gasteiger partial charge in [0.25, 0.3) is 5.91 Å². The molecular formula is C26H38N4O5. The molecule has 0 unspecified atom stereocenters. The topological polar surface area (TPSA) is 117 Å². The van der Waals surface area contributed by atoms with E-state index in [1.807, 2.05) is 37.3 Å². The Morgan fingerprint density at radius 3 is 2.37 bits per heavy atom. The number of unbranched alkanes of at least 4 members (excludes halogenated alkanes) is 1. The maximum Gasteiger partial charge on any atom is 0.318 e. The molecule has 1 atom stereocenters. The SMILES string of the molecule is CCCC[C@H](NC(=O)C1(NC(=O)N2CCOCC2)CCCCC1)C(=O)C(=O)NCc1ccccc1. The third-order valence-corrected chi connectivity index (χ3v) is 6.77.